The van der Waals surface area contributed by atoms with Crippen LogP contribution in [0.5, 0.6) is 0 Å². The van der Waals surface area contributed by atoms with Crippen LogP contribution in [0.2, 0.25) is 0 Å². The van der Waals surface area contributed by atoms with E-state index in [0.29, 0.717) is 18.4 Å². The highest BCUT2D eigenvalue weighted by atomic mass is 32.2. The summed E-state index contributed by atoms with van der Waals surface area (Å²) >= 11 is 0. The molecule has 1 aromatic heterocycles. The molecule has 1 fully saturated rings. The zero-order chi connectivity index (χ0) is 23.9. The van der Waals surface area contributed by atoms with Crippen LogP contribution in [0.25, 0.3) is 11.0 Å². The number of halogens is 1. The molecule has 1 aliphatic carbocycles. The summed E-state index contributed by atoms with van der Waals surface area (Å²) in [6.07, 6.45) is 3.58. The summed E-state index contributed by atoms with van der Waals surface area (Å²) in [5.74, 6) is -1.13. The second kappa shape index (κ2) is 8.58. The lowest BCUT2D eigenvalue weighted by Crippen LogP contribution is -2.39. The number of carbonyl (C=O) groups is 1. The quantitative estimate of drug-likeness (QED) is 0.587. The highest BCUT2D eigenvalue weighted by Gasteiger charge is 2.32. The van der Waals surface area contributed by atoms with Gasteiger partial charge in [-0.15, -0.1) is 0 Å². The van der Waals surface area contributed by atoms with Gasteiger partial charge in [-0.2, -0.15) is 0 Å². The van der Waals surface area contributed by atoms with Crippen molar-refractivity contribution in [1.29, 1.82) is 0 Å². The average molecular weight is 474 g/mol. The number of carbonyl (C=O) groups excluding carboxylic acids is 1. The Morgan fingerprint density at radius 1 is 0.939 bits per heavy atom. The number of benzene rings is 2. The van der Waals surface area contributed by atoms with E-state index in [4.69, 9.17) is 0 Å². The van der Waals surface area contributed by atoms with Crippen LogP contribution >= 0.6 is 0 Å². The second-order valence-electron chi connectivity index (χ2n) is 8.33. The summed E-state index contributed by atoms with van der Waals surface area (Å²) in [6.45, 7) is 0. The maximum Gasteiger partial charge on any atom is 0.316 e. The molecule has 0 radical (unpaired) electrons. The molecule has 4 rings (SSSR count). The molecule has 1 saturated carbocycles. The fraction of sp³-hybridized carbons (Fsp3) is 0.348. The molecule has 0 bridgehead atoms. The second-order valence-corrected chi connectivity index (χ2v) is 10.5. The molecule has 174 valence electrons. The molecule has 8 nitrogen and oxygen atoms in total. The van der Waals surface area contributed by atoms with Crippen molar-refractivity contribution in [3.05, 3.63) is 68.5 Å². The van der Waals surface area contributed by atoms with Crippen LogP contribution in [-0.2, 0) is 23.9 Å². The molecule has 1 N–H and O–H groups in total. The molecule has 1 aliphatic rings. The molecule has 1 heterocycles. The number of aryl methyl sites for hydroxylation is 2. The van der Waals surface area contributed by atoms with Gasteiger partial charge in [0.2, 0.25) is 0 Å². The lowest BCUT2D eigenvalue weighted by Gasteiger charge is -2.24. The molecule has 1 amide bonds. The van der Waals surface area contributed by atoms with E-state index in [2.05, 4.69) is 5.32 Å². The first-order valence-electron chi connectivity index (χ1n) is 10.7. The number of anilines is 1. The number of hydrogen-bond acceptors (Lipinski definition) is 5. The molecule has 0 atom stereocenters. The van der Waals surface area contributed by atoms with Crippen molar-refractivity contribution in [2.24, 2.45) is 14.1 Å². The number of rotatable bonds is 4. The summed E-state index contributed by atoms with van der Waals surface area (Å²) in [6, 6.07) is 7.59. The van der Waals surface area contributed by atoms with E-state index >= 15 is 0 Å². The first-order valence-corrected chi connectivity index (χ1v) is 12.2. The van der Waals surface area contributed by atoms with Gasteiger partial charge in [-0.05, 0) is 49.2 Å². The predicted octanol–water partition coefficient (Wildman–Crippen LogP) is 2.73. The van der Waals surface area contributed by atoms with Crippen LogP contribution in [0.4, 0.5) is 10.1 Å². The average Bonchev–Trinajstić information content (AvgIpc) is 2.82. The van der Waals surface area contributed by atoms with Crippen molar-refractivity contribution in [2.75, 3.05) is 5.32 Å². The van der Waals surface area contributed by atoms with E-state index in [1.165, 1.54) is 38.4 Å². The third-order valence-electron chi connectivity index (χ3n) is 6.24. The van der Waals surface area contributed by atoms with Gasteiger partial charge in [0.15, 0.2) is 9.84 Å². The van der Waals surface area contributed by atoms with Crippen LogP contribution < -0.4 is 16.4 Å². The van der Waals surface area contributed by atoms with E-state index in [0.717, 1.165) is 40.5 Å². The fourth-order valence-electron chi connectivity index (χ4n) is 4.28. The third kappa shape index (κ3) is 4.10. The minimum atomic E-state index is -3.85. The van der Waals surface area contributed by atoms with Crippen LogP contribution in [0, 0.1) is 5.82 Å². The van der Waals surface area contributed by atoms with Gasteiger partial charge < -0.3 is 14.5 Å². The smallest absolute Gasteiger partial charge is 0.316 e. The molecule has 0 aliphatic heterocycles. The Kier molecular flexibility index (Phi) is 5.96. The molecule has 2 aromatic carbocycles. The van der Waals surface area contributed by atoms with Gasteiger partial charge >= 0.3 is 11.1 Å². The van der Waals surface area contributed by atoms with Crippen molar-refractivity contribution in [1.82, 2.24) is 9.13 Å². The van der Waals surface area contributed by atoms with Crippen molar-refractivity contribution in [3.63, 3.8) is 0 Å². The Labute approximate surface area is 189 Å². The number of aromatic nitrogens is 2. The molecule has 0 unspecified atom stereocenters. The highest BCUT2D eigenvalue weighted by Crippen LogP contribution is 2.34. The van der Waals surface area contributed by atoms with Crippen molar-refractivity contribution >= 4 is 32.5 Å². The van der Waals surface area contributed by atoms with Gasteiger partial charge in [0.05, 0.1) is 26.9 Å². The van der Waals surface area contributed by atoms with Gasteiger partial charge in [-0.3, -0.25) is 14.4 Å². The van der Waals surface area contributed by atoms with Crippen LogP contribution in [0.15, 0.2) is 50.9 Å². The topological polar surface area (TPSA) is 107 Å². The first kappa shape index (κ1) is 22.9. The Balaban J connectivity index is 1.93. The lowest BCUT2D eigenvalue weighted by atomic mass is 10.0. The van der Waals surface area contributed by atoms with Crippen molar-refractivity contribution in [2.45, 2.75) is 42.2 Å². The van der Waals surface area contributed by atoms with Crippen molar-refractivity contribution < 1.29 is 17.6 Å². The zero-order valence-corrected chi connectivity index (χ0v) is 19.1. The Morgan fingerprint density at radius 2 is 1.48 bits per heavy atom. The molecule has 33 heavy (non-hydrogen) atoms. The van der Waals surface area contributed by atoms with Crippen molar-refractivity contribution in [3.8, 4) is 0 Å². The van der Waals surface area contributed by atoms with E-state index in [-0.39, 0.29) is 21.7 Å². The largest absolute Gasteiger partial charge is 0.321 e. The third-order valence-corrected chi connectivity index (χ3v) is 8.54. The molecule has 0 saturated heterocycles. The van der Waals surface area contributed by atoms with Crippen LogP contribution in [-0.4, -0.2) is 28.7 Å². The predicted molar refractivity (Wildman–Crippen MR) is 123 cm³/mol. The minimum Gasteiger partial charge on any atom is -0.321 e. The number of amides is 1. The maximum absolute atomic E-state index is 13.6. The van der Waals surface area contributed by atoms with Crippen LogP contribution in [0.1, 0.15) is 42.5 Å². The number of hydrogen-bond donors (Lipinski definition) is 1. The summed E-state index contributed by atoms with van der Waals surface area (Å²) in [7, 11) is -1.04. The zero-order valence-electron chi connectivity index (χ0n) is 18.3. The lowest BCUT2D eigenvalue weighted by molar-refractivity contribution is 0.102. The Morgan fingerprint density at radius 3 is 2.06 bits per heavy atom. The summed E-state index contributed by atoms with van der Waals surface area (Å²) in [5, 5.41) is 2.02. The SMILES string of the molecule is Cn1c(=O)c(=O)n(C)c2cc(S(=O)(=O)C3CCCCC3)c(NC(=O)c3ccc(F)cc3)cc21. The molecule has 0 spiro atoms. The molecule has 3 aromatic rings. The van der Waals surface area contributed by atoms with Gasteiger partial charge in [0.25, 0.3) is 5.91 Å². The normalized spacial score (nSPS) is 15.0. The van der Waals surface area contributed by atoms with Gasteiger partial charge in [-0.25, -0.2) is 12.8 Å². The maximum atomic E-state index is 13.6. The Bertz CT molecular complexity index is 1470. The van der Waals surface area contributed by atoms with E-state index in [1.54, 1.807) is 0 Å². The van der Waals surface area contributed by atoms with Crippen LogP contribution in [0.3, 0.4) is 0 Å². The minimum absolute atomic E-state index is 0.0102. The standard InChI is InChI=1S/C23H24FN3O5S/c1-26-18-12-17(25-21(28)14-8-10-15(24)11-9-14)20(13-19(18)27(2)23(30)22(26)29)33(31,32)16-6-4-3-5-7-16/h8-13,16H,3-7H2,1-2H3,(H,25,28). The first-order chi connectivity index (χ1) is 15.6. The monoisotopic (exact) mass is 473 g/mol. The van der Waals surface area contributed by atoms with Gasteiger partial charge in [-0.1, -0.05) is 19.3 Å². The number of nitrogens with one attached hydrogen (secondary N) is 1. The number of fused-ring (bicyclic) bond motifs is 1. The van der Waals surface area contributed by atoms with E-state index < -0.39 is 37.9 Å². The molecular weight excluding hydrogens is 449 g/mol. The summed E-state index contributed by atoms with van der Waals surface area (Å²) in [5.41, 5.74) is -0.851. The number of sulfone groups is 1. The van der Waals surface area contributed by atoms with Gasteiger partial charge in [0, 0.05) is 19.7 Å². The fourth-order valence-corrected chi connectivity index (χ4v) is 6.29. The molecule has 10 heteroatoms. The Hall–Kier alpha value is -3.27. The summed E-state index contributed by atoms with van der Waals surface area (Å²) < 4.78 is 42.7. The van der Waals surface area contributed by atoms with Gasteiger partial charge in [0.1, 0.15) is 5.82 Å². The molecular formula is C23H24FN3O5S. The van der Waals surface area contributed by atoms with E-state index in [1.807, 2.05) is 0 Å². The number of nitrogens with zero attached hydrogens (tertiary/aromatic N) is 2. The highest BCUT2D eigenvalue weighted by molar-refractivity contribution is 7.92. The summed E-state index contributed by atoms with van der Waals surface area (Å²) in [4.78, 5) is 37.4. The van der Waals surface area contributed by atoms with E-state index in [9.17, 15) is 27.2 Å².